The van der Waals surface area contributed by atoms with Gasteiger partial charge >= 0.3 is 0 Å². The molecule has 0 atom stereocenters. The number of hydrogen-bond acceptors (Lipinski definition) is 1. The molecule has 2 aromatic carbocycles. The Labute approximate surface area is 283 Å². The number of aromatic amines is 1. The summed E-state index contributed by atoms with van der Waals surface area (Å²) in [5.74, 6) is 0. The molecule has 0 aliphatic rings. The lowest BCUT2D eigenvalue weighted by atomic mass is 9.84. The van der Waals surface area contributed by atoms with Crippen LogP contribution in [0.25, 0.3) is 33.2 Å². The highest BCUT2D eigenvalue weighted by Gasteiger charge is 2.25. The standard InChI is InChI=1S/C32H39N5.C3H8O.2BrH.H2O/c1-9-11-34-13-15-36(21-34)27-19-23(31(3,4)5)17-25-26-18-24(32(6,7)8)20-28(30(26)33-29(25)27)37-16-14-35(22-37)12-10-2;1-3(2)4;;;/h9-10,13-22,33H,1-2,11-12H2,3-8H3;3-4H,1-2H3;2*1H;1H2/q+2;;;;/p-2. The summed E-state index contributed by atoms with van der Waals surface area (Å²) in [5.41, 5.74) is 7.23. The van der Waals surface area contributed by atoms with Crippen LogP contribution in [0, 0.1) is 0 Å². The Bertz CT molecular complexity index is 1570. The maximum absolute atomic E-state index is 8.06. The van der Waals surface area contributed by atoms with Crippen molar-refractivity contribution in [3.63, 3.8) is 0 Å². The maximum atomic E-state index is 8.06. The average molecular weight is 732 g/mol. The summed E-state index contributed by atoms with van der Waals surface area (Å²) >= 11 is 0. The number of aliphatic hydroxyl groups is 1. The third-order valence-electron chi connectivity index (χ3n) is 7.13. The van der Waals surface area contributed by atoms with Crippen LogP contribution < -0.4 is 43.1 Å². The molecule has 0 unspecified atom stereocenters. The van der Waals surface area contributed by atoms with Crippen molar-refractivity contribution in [2.45, 2.75) is 85.4 Å². The first-order valence-corrected chi connectivity index (χ1v) is 14.4. The van der Waals surface area contributed by atoms with Crippen LogP contribution in [0.5, 0.6) is 0 Å². The highest BCUT2D eigenvalue weighted by atomic mass is 79.9. The molecule has 3 heterocycles. The maximum Gasteiger partial charge on any atom is 0.249 e. The number of allylic oxidation sites excluding steroid dienone is 2. The highest BCUT2D eigenvalue weighted by Crippen LogP contribution is 2.39. The van der Waals surface area contributed by atoms with E-state index < -0.39 is 0 Å². The molecule has 0 spiro atoms. The third-order valence-corrected chi connectivity index (χ3v) is 7.13. The van der Waals surface area contributed by atoms with Gasteiger partial charge in [0, 0.05) is 16.9 Å². The zero-order valence-electron chi connectivity index (χ0n) is 27.3. The van der Waals surface area contributed by atoms with Crippen molar-refractivity contribution in [2.75, 3.05) is 0 Å². The second-order valence-corrected chi connectivity index (χ2v) is 13.2. The van der Waals surface area contributed by atoms with Gasteiger partial charge in [-0.25, -0.2) is 18.3 Å². The summed E-state index contributed by atoms with van der Waals surface area (Å²) in [4.78, 5) is 3.85. The molecule has 0 amide bonds. The molecular weight excluding hydrogens is 682 g/mol. The number of aliphatic hydroxyl groups excluding tert-OH is 1. The molecule has 0 fully saturated rings. The van der Waals surface area contributed by atoms with E-state index in [0.717, 1.165) is 35.5 Å². The van der Waals surface area contributed by atoms with Crippen molar-refractivity contribution >= 4 is 21.8 Å². The zero-order valence-corrected chi connectivity index (χ0v) is 30.5. The summed E-state index contributed by atoms with van der Waals surface area (Å²) in [6.45, 7) is 26.5. The number of hydrogen-bond donors (Lipinski definition) is 2. The molecule has 5 aromatic rings. The summed E-state index contributed by atoms with van der Waals surface area (Å²) in [6.07, 6.45) is 16.4. The van der Waals surface area contributed by atoms with Crippen LogP contribution in [0.3, 0.4) is 0 Å². The molecule has 0 saturated heterocycles. The summed E-state index contributed by atoms with van der Waals surface area (Å²) in [6, 6.07) is 9.41. The molecule has 0 aliphatic heterocycles. The van der Waals surface area contributed by atoms with Gasteiger partial charge in [-0.15, -0.1) is 0 Å². The molecule has 4 N–H and O–H groups in total. The zero-order chi connectivity index (χ0) is 30.1. The van der Waals surface area contributed by atoms with Crippen molar-refractivity contribution in [3.8, 4) is 11.4 Å². The predicted molar refractivity (Wildman–Crippen MR) is 174 cm³/mol. The minimum absolute atomic E-state index is 0. The Balaban J connectivity index is 0.00000131. The Hall–Kier alpha value is -2.98. The molecule has 0 radical (unpaired) electrons. The first kappa shape index (κ1) is 39.0. The van der Waals surface area contributed by atoms with Crippen molar-refractivity contribution in [2.24, 2.45) is 0 Å². The van der Waals surface area contributed by atoms with E-state index in [1.807, 2.05) is 12.2 Å². The highest BCUT2D eigenvalue weighted by molar-refractivity contribution is 6.12. The quantitative estimate of drug-likeness (QED) is 0.188. The molecule has 0 bridgehead atoms. The van der Waals surface area contributed by atoms with E-state index in [1.54, 1.807) is 13.8 Å². The molecular formula is C35H49Br2N5O2. The SMILES string of the molecule is C=CC[n+]1ccn(-c2cc(C(C)(C)C)cc3c2[nH]c2c(-n4cc[n+](CC=C)c4)cc(C(C)(C)C)cc23)c1.CC(C)O.O.[Br-].[Br-]. The lowest BCUT2D eigenvalue weighted by Gasteiger charge is -2.20. The number of rotatable bonds is 6. The summed E-state index contributed by atoms with van der Waals surface area (Å²) in [5, 5.41) is 10.6. The van der Waals surface area contributed by atoms with Crippen LogP contribution in [0.4, 0.5) is 0 Å². The van der Waals surface area contributed by atoms with Crippen LogP contribution in [0.2, 0.25) is 0 Å². The van der Waals surface area contributed by atoms with Crippen molar-refractivity contribution in [1.82, 2.24) is 14.1 Å². The van der Waals surface area contributed by atoms with Gasteiger partial charge in [0.1, 0.15) is 37.9 Å². The number of nitrogens with zero attached hydrogens (tertiary/aromatic N) is 4. The van der Waals surface area contributed by atoms with Crippen molar-refractivity contribution in [3.05, 3.63) is 98.1 Å². The van der Waals surface area contributed by atoms with Gasteiger partial charge in [-0.1, -0.05) is 66.9 Å². The van der Waals surface area contributed by atoms with Crippen LogP contribution in [0.1, 0.15) is 66.5 Å². The van der Waals surface area contributed by atoms with Crippen LogP contribution in [-0.4, -0.2) is 30.8 Å². The first-order chi connectivity index (χ1) is 19.2. The summed E-state index contributed by atoms with van der Waals surface area (Å²) < 4.78 is 8.72. The smallest absolute Gasteiger partial charge is 0.249 e. The topological polar surface area (TPSA) is 85.1 Å². The van der Waals surface area contributed by atoms with E-state index in [-0.39, 0.29) is 56.4 Å². The van der Waals surface area contributed by atoms with Crippen molar-refractivity contribution in [1.29, 1.82) is 0 Å². The third kappa shape index (κ3) is 8.59. The molecule has 7 nitrogen and oxygen atoms in total. The van der Waals surface area contributed by atoms with Gasteiger partial charge < -0.3 is 49.5 Å². The van der Waals surface area contributed by atoms with Gasteiger partial charge in [0.2, 0.25) is 12.7 Å². The number of aromatic nitrogens is 5. The molecule has 44 heavy (non-hydrogen) atoms. The molecule has 0 aliphatic carbocycles. The fourth-order valence-electron chi connectivity index (χ4n) is 4.93. The van der Waals surface area contributed by atoms with Crippen molar-refractivity contribution < 1.29 is 53.7 Å². The number of fused-ring (bicyclic) bond motifs is 3. The number of H-pyrrole nitrogens is 1. The van der Waals surface area contributed by atoms with Gasteiger partial charge in [0.25, 0.3) is 0 Å². The van der Waals surface area contributed by atoms with E-state index in [4.69, 9.17) is 5.11 Å². The summed E-state index contributed by atoms with van der Waals surface area (Å²) in [7, 11) is 0. The second-order valence-electron chi connectivity index (χ2n) is 13.2. The first-order valence-electron chi connectivity index (χ1n) is 14.4. The Kier molecular flexibility index (Phi) is 13.6. The average Bonchev–Trinajstić information content (AvgIpc) is 3.60. The largest absolute Gasteiger partial charge is 1.00 e. The van der Waals surface area contributed by atoms with E-state index in [0.29, 0.717) is 0 Å². The lowest BCUT2D eigenvalue weighted by Crippen LogP contribution is -3.00. The van der Waals surface area contributed by atoms with Gasteiger partial charge in [0.05, 0.1) is 11.0 Å². The van der Waals surface area contributed by atoms with Crippen LogP contribution >= 0.6 is 0 Å². The van der Waals surface area contributed by atoms with E-state index in [2.05, 4.69) is 140 Å². The molecule has 5 rings (SSSR count). The van der Waals surface area contributed by atoms with Crippen LogP contribution in [-0.2, 0) is 23.9 Å². The second kappa shape index (κ2) is 15.3. The minimum atomic E-state index is -0.167. The Morgan fingerprint density at radius 1 is 0.750 bits per heavy atom. The molecule has 0 saturated carbocycles. The number of imidazole rings is 2. The molecule has 9 heteroatoms. The number of halogens is 2. The molecule has 3 aromatic heterocycles. The van der Waals surface area contributed by atoms with E-state index in [9.17, 15) is 0 Å². The Morgan fingerprint density at radius 2 is 1.09 bits per heavy atom. The van der Waals surface area contributed by atoms with Crippen LogP contribution in [0.15, 0.2) is 87.0 Å². The fourth-order valence-corrected chi connectivity index (χ4v) is 4.93. The fraction of sp³-hybridized carbons (Fsp3) is 0.371. The monoisotopic (exact) mass is 729 g/mol. The van der Waals surface area contributed by atoms with Gasteiger partial charge in [-0.2, -0.15) is 0 Å². The van der Waals surface area contributed by atoms with Gasteiger partial charge in [-0.3, -0.25) is 0 Å². The van der Waals surface area contributed by atoms with E-state index in [1.165, 1.54) is 21.9 Å². The van der Waals surface area contributed by atoms with E-state index >= 15 is 0 Å². The normalized spacial score (nSPS) is 11.3. The Morgan fingerprint density at radius 3 is 1.39 bits per heavy atom. The van der Waals surface area contributed by atoms with Gasteiger partial charge in [0.15, 0.2) is 11.4 Å². The minimum Gasteiger partial charge on any atom is -1.00 e. The van der Waals surface area contributed by atoms with Gasteiger partial charge in [-0.05, 0) is 60.1 Å². The molecule has 240 valence electrons. The number of nitrogens with one attached hydrogen (secondary N) is 1. The lowest BCUT2D eigenvalue weighted by molar-refractivity contribution is -0.686. The predicted octanol–water partition coefficient (Wildman–Crippen LogP) is 0.0149. The number of benzene rings is 2.